The van der Waals surface area contributed by atoms with E-state index in [1.807, 2.05) is 19.9 Å². The molecule has 4 N–H and O–H groups in total. The van der Waals surface area contributed by atoms with E-state index in [1.54, 1.807) is 19.1 Å². The topological polar surface area (TPSA) is 150 Å². The van der Waals surface area contributed by atoms with Crippen molar-refractivity contribution in [3.63, 3.8) is 0 Å². The quantitative estimate of drug-likeness (QED) is 0.443. The number of amides is 4. The summed E-state index contributed by atoms with van der Waals surface area (Å²) in [5.74, 6) is -2.04. The summed E-state index contributed by atoms with van der Waals surface area (Å²) in [4.78, 5) is 65.7. The second kappa shape index (κ2) is 13.2. The summed E-state index contributed by atoms with van der Waals surface area (Å²) in [6, 6.07) is 6.08. The van der Waals surface area contributed by atoms with E-state index in [-0.39, 0.29) is 30.1 Å². The van der Waals surface area contributed by atoms with Gasteiger partial charge in [-0.15, -0.1) is 0 Å². The Bertz CT molecular complexity index is 1290. The number of hydrogen-bond donors (Lipinski definition) is 4. The second-order valence-corrected chi connectivity index (χ2v) is 9.92. The fourth-order valence-corrected chi connectivity index (χ4v) is 4.46. The van der Waals surface area contributed by atoms with Crippen LogP contribution < -0.4 is 21.5 Å². The molecule has 39 heavy (non-hydrogen) atoms. The van der Waals surface area contributed by atoms with Crippen LogP contribution in [0.5, 0.6) is 0 Å². The fraction of sp³-hybridized carbons (Fsp3) is 0.464. The lowest BCUT2D eigenvalue weighted by Gasteiger charge is -2.28. The number of benzene rings is 1. The van der Waals surface area contributed by atoms with Crippen LogP contribution in [0.1, 0.15) is 59.0 Å². The molecule has 1 aliphatic rings. The smallest absolute Gasteiger partial charge is 0.254 e. The van der Waals surface area contributed by atoms with Crippen molar-refractivity contribution >= 4 is 23.6 Å². The van der Waals surface area contributed by atoms with Crippen molar-refractivity contribution in [3.05, 3.63) is 69.1 Å². The third-order valence-electron chi connectivity index (χ3n) is 6.70. The number of aliphatic hydroxyl groups excluding tert-OH is 1. The summed E-state index contributed by atoms with van der Waals surface area (Å²) in [7, 11) is 0. The van der Waals surface area contributed by atoms with Crippen LogP contribution in [0.25, 0.3) is 0 Å². The molecule has 0 unspecified atom stereocenters. The molecule has 210 valence electrons. The van der Waals surface area contributed by atoms with Crippen molar-refractivity contribution in [2.75, 3.05) is 19.6 Å². The average molecular weight is 540 g/mol. The van der Waals surface area contributed by atoms with Crippen LogP contribution in [-0.2, 0) is 22.6 Å². The molecule has 1 aliphatic heterocycles. The highest BCUT2D eigenvalue weighted by molar-refractivity contribution is 5.98. The lowest BCUT2D eigenvalue weighted by molar-refractivity contribution is -0.126. The maximum atomic E-state index is 13.4. The van der Waals surface area contributed by atoms with Crippen LogP contribution in [0, 0.1) is 6.92 Å². The SMILES string of the molecule is CCn1ccc(C(=O)N2CC(=O)NCCCc3cc(ccc3C)C(=O)N[C@@H]([C@@H](C)O)C(=O)N[C@H](C)C2)cc1=O. The van der Waals surface area contributed by atoms with E-state index >= 15 is 0 Å². The van der Waals surface area contributed by atoms with Gasteiger partial charge in [0.05, 0.1) is 12.6 Å². The number of pyridine rings is 1. The van der Waals surface area contributed by atoms with Gasteiger partial charge < -0.3 is 30.5 Å². The minimum absolute atomic E-state index is 0.0463. The molecule has 2 heterocycles. The van der Waals surface area contributed by atoms with Gasteiger partial charge in [0.1, 0.15) is 6.04 Å². The van der Waals surface area contributed by atoms with E-state index in [2.05, 4.69) is 16.0 Å². The largest absolute Gasteiger partial charge is 0.391 e. The Morgan fingerprint density at radius 3 is 2.54 bits per heavy atom. The molecule has 0 saturated heterocycles. The van der Waals surface area contributed by atoms with Crippen molar-refractivity contribution < 1.29 is 24.3 Å². The molecule has 3 atom stereocenters. The molecule has 0 spiro atoms. The molecule has 0 radical (unpaired) electrons. The molecule has 0 saturated carbocycles. The zero-order valence-electron chi connectivity index (χ0n) is 22.8. The summed E-state index contributed by atoms with van der Waals surface area (Å²) < 4.78 is 1.45. The van der Waals surface area contributed by atoms with Crippen molar-refractivity contribution in [1.29, 1.82) is 0 Å². The highest BCUT2D eigenvalue weighted by Gasteiger charge is 2.29. The zero-order valence-corrected chi connectivity index (χ0v) is 22.8. The van der Waals surface area contributed by atoms with E-state index in [4.69, 9.17) is 0 Å². The predicted molar refractivity (Wildman–Crippen MR) is 145 cm³/mol. The van der Waals surface area contributed by atoms with Gasteiger partial charge in [0.15, 0.2) is 0 Å². The van der Waals surface area contributed by atoms with Crippen molar-refractivity contribution in [2.45, 2.75) is 65.3 Å². The van der Waals surface area contributed by atoms with Crippen LogP contribution in [0.3, 0.4) is 0 Å². The average Bonchev–Trinajstić information content (AvgIpc) is 2.88. The molecule has 0 fully saturated rings. The van der Waals surface area contributed by atoms with Crippen LogP contribution in [0.2, 0.25) is 0 Å². The maximum Gasteiger partial charge on any atom is 0.254 e. The number of nitrogens with one attached hydrogen (secondary N) is 3. The van der Waals surface area contributed by atoms with Crippen molar-refractivity contribution in [2.24, 2.45) is 0 Å². The van der Waals surface area contributed by atoms with Gasteiger partial charge in [-0.1, -0.05) is 6.07 Å². The number of fused-ring (bicyclic) bond motifs is 2. The molecule has 2 aromatic rings. The fourth-order valence-electron chi connectivity index (χ4n) is 4.46. The van der Waals surface area contributed by atoms with Gasteiger partial charge in [-0.2, -0.15) is 0 Å². The zero-order chi connectivity index (χ0) is 28.7. The Labute approximate surface area is 227 Å². The molecule has 2 bridgehead atoms. The lowest BCUT2D eigenvalue weighted by atomic mass is 10.00. The molecule has 11 nitrogen and oxygen atoms in total. The molecule has 1 aromatic heterocycles. The summed E-state index contributed by atoms with van der Waals surface area (Å²) in [5.41, 5.74) is 2.06. The van der Waals surface area contributed by atoms with Gasteiger partial charge in [0, 0.05) is 49.1 Å². The number of aromatic nitrogens is 1. The number of hydrogen-bond acceptors (Lipinski definition) is 6. The highest BCUT2D eigenvalue weighted by Crippen LogP contribution is 2.14. The first-order valence-electron chi connectivity index (χ1n) is 13.2. The Balaban J connectivity index is 1.90. The predicted octanol–water partition coefficient (Wildman–Crippen LogP) is 0.365. The number of nitrogens with zero attached hydrogens (tertiary/aromatic N) is 2. The molecule has 11 heteroatoms. The number of aryl methyl sites for hydroxylation is 3. The van der Waals surface area contributed by atoms with Crippen molar-refractivity contribution in [1.82, 2.24) is 25.4 Å². The van der Waals surface area contributed by atoms with Crippen LogP contribution in [0.4, 0.5) is 0 Å². The Morgan fingerprint density at radius 2 is 1.87 bits per heavy atom. The van der Waals surface area contributed by atoms with Gasteiger partial charge in [0.25, 0.3) is 17.4 Å². The number of aliphatic hydroxyl groups is 1. The third kappa shape index (κ3) is 7.76. The van der Waals surface area contributed by atoms with Gasteiger partial charge in [-0.25, -0.2) is 0 Å². The van der Waals surface area contributed by atoms with Gasteiger partial charge in [-0.05, 0) is 69.9 Å². The number of carbonyl (C=O) groups is 4. The van der Waals surface area contributed by atoms with Gasteiger partial charge in [-0.3, -0.25) is 24.0 Å². The third-order valence-corrected chi connectivity index (χ3v) is 6.70. The van der Waals surface area contributed by atoms with Gasteiger partial charge >= 0.3 is 0 Å². The number of carbonyl (C=O) groups excluding carboxylic acids is 4. The minimum atomic E-state index is -1.24. The Morgan fingerprint density at radius 1 is 1.13 bits per heavy atom. The summed E-state index contributed by atoms with van der Waals surface area (Å²) in [5, 5.41) is 18.4. The van der Waals surface area contributed by atoms with E-state index in [0.29, 0.717) is 31.5 Å². The summed E-state index contributed by atoms with van der Waals surface area (Å²) in [6.45, 7) is 7.27. The van der Waals surface area contributed by atoms with E-state index < -0.39 is 35.9 Å². The first kappa shape index (κ1) is 29.6. The maximum absolute atomic E-state index is 13.4. The normalized spacial score (nSPS) is 20.3. The minimum Gasteiger partial charge on any atom is -0.391 e. The van der Waals surface area contributed by atoms with E-state index in [1.165, 1.54) is 34.7 Å². The summed E-state index contributed by atoms with van der Waals surface area (Å²) >= 11 is 0. The Kier molecular flexibility index (Phi) is 10.00. The standard InChI is InChI=1S/C28H37N5O6/c1-5-32-12-10-22(14-24(32)36)28(39)33-15-18(3)30-27(38)25(19(4)34)31-26(37)21-9-8-17(2)20(13-21)7-6-11-29-23(35)16-33/h8-10,12-14,18-19,25,34H,5-7,11,15-16H2,1-4H3,(H,29,35)(H,30,38)(H,31,37)/t18-,19-,25+/m1/s1. The number of rotatable bonds is 3. The monoisotopic (exact) mass is 539 g/mol. The molecule has 1 aromatic carbocycles. The van der Waals surface area contributed by atoms with Crippen LogP contribution in [-0.4, -0.2) is 76.0 Å². The molecule has 4 amide bonds. The molecular weight excluding hydrogens is 502 g/mol. The van der Waals surface area contributed by atoms with Crippen LogP contribution in [0.15, 0.2) is 41.3 Å². The molecule has 3 rings (SSSR count). The molecule has 0 aliphatic carbocycles. The van der Waals surface area contributed by atoms with Crippen molar-refractivity contribution in [3.8, 4) is 0 Å². The lowest BCUT2D eigenvalue weighted by Crippen LogP contribution is -2.56. The Hall–Kier alpha value is -3.99. The first-order chi connectivity index (χ1) is 18.5. The summed E-state index contributed by atoms with van der Waals surface area (Å²) in [6.07, 6.45) is 1.53. The second-order valence-electron chi connectivity index (χ2n) is 9.92. The van der Waals surface area contributed by atoms with Crippen LogP contribution >= 0.6 is 0 Å². The molecular formula is C28H37N5O6. The van der Waals surface area contributed by atoms with Gasteiger partial charge in [0.2, 0.25) is 11.8 Å². The van der Waals surface area contributed by atoms with E-state index in [9.17, 15) is 29.1 Å². The highest BCUT2D eigenvalue weighted by atomic mass is 16.3. The first-order valence-corrected chi connectivity index (χ1v) is 13.2. The van der Waals surface area contributed by atoms with E-state index in [0.717, 1.165) is 11.1 Å².